The number of hydrogen-bond donors (Lipinski definition) is 0. The normalized spacial score (nSPS) is 15.4. The number of rotatable bonds is 7. The summed E-state index contributed by atoms with van der Waals surface area (Å²) in [5, 5.41) is 0. The highest BCUT2D eigenvalue weighted by Crippen LogP contribution is 2.22. The predicted molar refractivity (Wildman–Crippen MR) is 72.4 cm³/mol. The summed E-state index contributed by atoms with van der Waals surface area (Å²) in [5.41, 5.74) is 0. The first-order valence-corrected chi connectivity index (χ1v) is 12.5. The van der Waals surface area contributed by atoms with E-state index < -0.39 is 16.6 Å². The molecule has 0 heterocycles. The molecule has 1 unspecified atom stereocenters. The fraction of sp³-hybridized carbons (Fsp3) is 1.00. The minimum Gasteiger partial charge on any atom is -0.456 e. The maximum atomic E-state index is 6.30. The third kappa shape index (κ3) is 9.29. The Bertz CT molecular complexity index is 176. The highest BCUT2D eigenvalue weighted by molar-refractivity contribution is 6.84. The van der Waals surface area contributed by atoms with Crippen LogP contribution in [0.25, 0.3) is 0 Å². The Balaban J connectivity index is 4.01. The average molecular weight is 249 g/mol. The van der Waals surface area contributed by atoms with Gasteiger partial charge in [0.1, 0.15) is 0 Å². The molecule has 0 saturated heterocycles. The minimum absolute atomic E-state index is 0.628. The Morgan fingerprint density at radius 1 is 1.07 bits per heavy atom. The van der Waals surface area contributed by atoms with Gasteiger partial charge in [0.05, 0.1) is 0 Å². The van der Waals surface area contributed by atoms with Gasteiger partial charge in [-0.05, 0) is 51.6 Å². The first-order valence-electron chi connectivity index (χ1n) is 5.94. The van der Waals surface area contributed by atoms with Crippen molar-refractivity contribution in [3.8, 4) is 0 Å². The van der Waals surface area contributed by atoms with Crippen molar-refractivity contribution in [2.75, 3.05) is 13.2 Å². The summed E-state index contributed by atoms with van der Waals surface area (Å²) in [7, 11) is -2.84. The van der Waals surface area contributed by atoms with Crippen LogP contribution in [0.5, 0.6) is 0 Å². The monoisotopic (exact) mass is 248 g/mol. The summed E-state index contributed by atoms with van der Waals surface area (Å²) >= 11 is 0. The third-order valence-electron chi connectivity index (χ3n) is 2.03. The Labute approximate surface area is 97.6 Å². The largest absolute Gasteiger partial charge is 0.456 e. The fourth-order valence-corrected chi connectivity index (χ4v) is 10.8. The Morgan fingerprint density at radius 2 is 1.60 bits per heavy atom. The van der Waals surface area contributed by atoms with E-state index in [0.29, 0.717) is 5.92 Å². The van der Waals surface area contributed by atoms with Gasteiger partial charge in [0.15, 0.2) is 16.6 Å². The molecule has 0 rings (SSSR count). The second-order valence-electron chi connectivity index (χ2n) is 5.94. The van der Waals surface area contributed by atoms with Gasteiger partial charge in [-0.3, -0.25) is 0 Å². The lowest BCUT2D eigenvalue weighted by Gasteiger charge is -2.33. The molecular formula is C11H28O2Si2. The molecule has 0 fully saturated rings. The Hall–Kier alpha value is 0.354. The lowest BCUT2D eigenvalue weighted by molar-refractivity contribution is 0.120. The van der Waals surface area contributed by atoms with Gasteiger partial charge in [-0.2, -0.15) is 0 Å². The van der Waals surface area contributed by atoms with Crippen LogP contribution in [-0.2, 0) is 8.85 Å². The smallest absolute Gasteiger partial charge is 0.173 e. The van der Waals surface area contributed by atoms with E-state index in [2.05, 4.69) is 39.7 Å². The van der Waals surface area contributed by atoms with Gasteiger partial charge in [0.2, 0.25) is 0 Å². The minimum atomic E-state index is -1.47. The van der Waals surface area contributed by atoms with E-state index in [1.807, 2.05) is 6.92 Å². The highest BCUT2D eigenvalue weighted by Gasteiger charge is 2.30. The van der Waals surface area contributed by atoms with E-state index in [9.17, 15) is 0 Å². The molecule has 0 aliphatic carbocycles. The Kier molecular flexibility index (Phi) is 6.32. The predicted octanol–water partition coefficient (Wildman–Crippen LogP) is 3.72. The maximum Gasteiger partial charge on any atom is 0.173 e. The zero-order valence-corrected chi connectivity index (χ0v) is 13.5. The lowest BCUT2D eigenvalue weighted by Crippen LogP contribution is -2.43. The molecule has 2 nitrogen and oxygen atoms in total. The number of ether oxygens (including phenoxy) is 1. The van der Waals surface area contributed by atoms with Crippen molar-refractivity contribution in [3.05, 3.63) is 0 Å². The van der Waals surface area contributed by atoms with E-state index in [1.165, 1.54) is 6.04 Å². The SMILES string of the molecule is CCOCC(C)C[Si](C)(C)O[Si](C)(C)C. The maximum absolute atomic E-state index is 6.30. The number of hydrogen-bond acceptors (Lipinski definition) is 2. The van der Waals surface area contributed by atoms with Gasteiger partial charge in [0, 0.05) is 13.2 Å². The van der Waals surface area contributed by atoms with E-state index in [0.717, 1.165) is 13.2 Å². The molecule has 0 aliphatic heterocycles. The molecule has 0 N–H and O–H groups in total. The van der Waals surface area contributed by atoms with Gasteiger partial charge in [0.25, 0.3) is 0 Å². The summed E-state index contributed by atoms with van der Waals surface area (Å²) in [5.74, 6) is 0.628. The van der Waals surface area contributed by atoms with Gasteiger partial charge in [-0.15, -0.1) is 0 Å². The quantitative estimate of drug-likeness (QED) is 0.639. The standard InChI is InChI=1S/C11H28O2Si2/c1-8-12-9-11(2)10-15(6,7)13-14(3,4)5/h11H,8-10H2,1-7H3. The molecule has 0 spiro atoms. The molecule has 0 aromatic heterocycles. The topological polar surface area (TPSA) is 18.5 Å². The van der Waals surface area contributed by atoms with Crippen molar-refractivity contribution < 1.29 is 8.85 Å². The van der Waals surface area contributed by atoms with E-state index in [-0.39, 0.29) is 0 Å². The zero-order chi connectivity index (χ0) is 12.1. The summed E-state index contributed by atoms with van der Waals surface area (Å²) in [6.45, 7) is 17.5. The van der Waals surface area contributed by atoms with Crippen LogP contribution < -0.4 is 0 Å². The van der Waals surface area contributed by atoms with Gasteiger partial charge in [-0.25, -0.2) is 0 Å². The molecular weight excluding hydrogens is 220 g/mol. The van der Waals surface area contributed by atoms with Crippen molar-refractivity contribution in [2.24, 2.45) is 5.92 Å². The van der Waals surface area contributed by atoms with Crippen molar-refractivity contribution in [1.82, 2.24) is 0 Å². The molecule has 15 heavy (non-hydrogen) atoms. The van der Waals surface area contributed by atoms with Crippen molar-refractivity contribution in [2.45, 2.75) is 52.6 Å². The molecule has 0 amide bonds. The van der Waals surface area contributed by atoms with E-state index in [1.54, 1.807) is 0 Å². The molecule has 4 heteroatoms. The molecule has 92 valence electrons. The molecule has 0 aromatic rings. The fourth-order valence-electron chi connectivity index (χ4n) is 2.09. The van der Waals surface area contributed by atoms with Crippen LogP contribution in [0.1, 0.15) is 13.8 Å². The van der Waals surface area contributed by atoms with Crippen LogP contribution in [-0.4, -0.2) is 29.8 Å². The van der Waals surface area contributed by atoms with E-state index >= 15 is 0 Å². The van der Waals surface area contributed by atoms with Gasteiger partial charge >= 0.3 is 0 Å². The van der Waals surface area contributed by atoms with Crippen LogP contribution >= 0.6 is 0 Å². The van der Waals surface area contributed by atoms with Crippen LogP contribution in [0.4, 0.5) is 0 Å². The van der Waals surface area contributed by atoms with Crippen LogP contribution in [0, 0.1) is 5.92 Å². The average Bonchev–Trinajstić information content (AvgIpc) is 1.94. The molecule has 0 aromatic carbocycles. The molecule has 0 radical (unpaired) electrons. The second kappa shape index (κ2) is 6.18. The van der Waals surface area contributed by atoms with Gasteiger partial charge in [-0.1, -0.05) is 6.92 Å². The van der Waals surface area contributed by atoms with Crippen LogP contribution in [0.3, 0.4) is 0 Å². The first-order chi connectivity index (χ1) is 6.66. The van der Waals surface area contributed by atoms with E-state index in [4.69, 9.17) is 8.85 Å². The Morgan fingerprint density at radius 3 is 2.00 bits per heavy atom. The summed E-state index contributed by atoms with van der Waals surface area (Å²) < 4.78 is 11.7. The van der Waals surface area contributed by atoms with Crippen molar-refractivity contribution in [3.63, 3.8) is 0 Å². The third-order valence-corrected chi connectivity index (χ3v) is 8.37. The lowest BCUT2D eigenvalue weighted by atomic mass is 10.2. The van der Waals surface area contributed by atoms with Crippen LogP contribution in [0.15, 0.2) is 0 Å². The van der Waals surface area contributed by atoms with Crippen molar-refractivity contribution in [1.29, 1.82) is 0 Å². The molecule has 0 bridgehead atoms. The molecule has 0 aliphatic rings. The summed E-state index contributed by atoms with van der Waals surface area (Å²) in [4.78, 5) is 0. The molecule has 0 saturated carbocycles. The first kappa shape index (κ1) is 15.4. The zero-order valence-electron chi connectivity index (χ0n) is 11.5. The second-order valence-corrected chi connectivity index (χ2v) is 14.9. The molecule has 1 atom stereocenters. The highest BCUT2D eigenvalue weighted by atomic mass is 28.4. The summed E-state index contributed by atoms with van der Waals surface area (Å²) in [6, 6.07) is 1.21. The summed E-state index contributed by atoms with van der Waals surface area (Å²) in [6.07, 6.45) is 0. The van der Waals surface area contributed by atoms with Gasteiger partial charge < -0.3 is 8.85 Å². The van der Waals surface area contributed by atoms with Crippen molar-refractivity contribution >= 4 is 16.6 Å². The van der Waals surface area contributed by atoms with Crippen LogP contribution in [0.2, 0.25) is 38.8 Å².